The number of rotatable bonds is 5. The summed E-state index contributed by atoms with van der Waals surface area (Å²) in [7, 11) is 0. The Morgan fingerprint density at radius 3 is 2.57 bits per heavy atom. The molecule has 0 atom stereocenters. The van der Waals surface area contributed by atoms with E-state index in [4.69, 9.17) is 5.73 Å². The molecule has 0 saturated heterocycles. The molecule has 28 heavy (non-hydrogen) atoms. The summed E-state index contributed by atoms with van der Waals surface area (Å²) in [5.41, 5.74) is 11.6. The molecule has 1 fully saturated rings. The van der Waals surface area contributed by atoms with Crippen LogP contribution in [0.4, 0.5) is 5.69 Å². The zero-order chi connectivity index (χ0) is 19.5. The van der Waals surface area contributed by atoms with E-state index in [2.05, 4.69) is 65.5 Å². The van der Waals surface area contributed by atoms with Gasteiger partial charge in [-0.15, -0.1) is 0 Å². The molecule has 1 heterocycles. The van der Waals surface area contributed by atoms with E-state index >= 15 is 0 Å². The maximum Gasteiger partial charge on any atom is 0.250 e. The summed E-state index contributed by atoms with van der Waals surface area (Å²) in [5, 5.41) is 3.59. The first-order chi connectivity index (χ1) is 13.6. The number of nitrogens with one attached hydrogen (secondary N) is 1. The van der Waals surface area contributed by atoms with Gasteiger partial charge >= 0.3 is 0 Å². The number of nitrogens with two attached hydrogens (primary N) is 1. The van der Waals surface area contributed by atoms with Gasteiger partial charge < -0.3 is 15.6 Å². The van der Waals surface area contributed by atoms with E-state index < -0.39 is 5.91 Å². The third kappa shape index (κ3) is 3.68. The van der Waals surface area contributed by atoms with Crippen molar-refractivity contribution in [2.45, 2.75) is 45.1 Å². The first-order valence-electron chi connectivity index (χ1n) is 10.1. The second-order valence-corrected chi connectivity index (χ2v) is 7.65. The maximum atomic E-state index is 12.0. The second-order valence-electron chi connectivity index (χ2n) is 7.65. The van der Waals surface area contributed by atoms with Crippen LogP contribution in [0.25, 0.3) is 16.9 Å². The molecule has 0 spiro atoms. The number of benzene rings is 2. The predicted molar refractivity (Wildman–Crippen MR) is 115 cm³/mol. The Morgan fingerprint density at radius 2 is 1.82 bits per heavy atom. The van der Waals surface area contributed by atoms with Crippen LogP contribution in [0.5, 0.6) is 0 Å². The van der Waals surface area contributed by atoms with Crippen LogP contribution in [-0.2, 0) is 0 Å². The number of anilines is 1. The third-order valence-electron chi connectivity index (χ3n) is 5.68. The van der Waals surface area contributed by atoms with Gasteiger partial charge in [-0.1, -0.05) is 43.5 Å². The van der Waals surface area contributed by atoms with Gasteiger partial charge in [-0.25, -0.2) is 0 Å². The number of carbonyl (C=O) groups excluding carboxylic acids is 1. The standard InChI is InChI=1S/C24H27N3O/c1-17-8-5-6-11-20(17)23-12-7-15-27(23)19-13-14-21(24(25)28)22(16-19)26-18-9-3-2-4-10-18/h5-8,11-16,18,26H,2-4,9-10H2,1H3,(H2,25,28). The zero-order valence-electron chi connectivity index (χ0n) is 16.3. The largest absolute Gasteiger partial charge is 0.382 e. The van der Waals surface area contributed by atoms with Crippen molar-refractivity contribution in [2.24, 2.45) is 5.73 Å². The summed E-state index contributed by atoms with van der Waals surface area (Å²) in [6, 6.07) is 18.8. The molecule has 4 heteroatoms. The minimum Gasteiger partial charge on any atom is -0.382 e. The molecule has 1 aromatic heterocycles. The molecule has 2 aromatic carbocycles. The highest BCUT2D eigenvalue weighted by atomic mass is 16.1. The third-order valence-corrected chi connectivity index (χ3v) is 5.68. The molecular weight excluding hydrogens is 346 g/mol. The number of carbonyl (C=O) groups is 1. The van der Waals surface area contributed by atoms with Crippen molar-refractivity contribution in [3.8, 4) is 16.9 Å². The highest BCUT2D eigenvalue weighted by molar-refractivity contribution is 5.99. The van der Waals surface area contributed by atoms with Gasteiger partial charge in [0.2, 0.25) is 0 Å². The summed E-state index contributed by atoms with van der Waals surface area (Å²) >= 11 is 0. The molecule has 3 N–H and O–H groups in total. The molecule has 0 unspecified atom stereocenters. The first-order valence-corrected chi connectivity index (χ1v) is 10.1. The van der Waals surface area contributed by atoms with Crippen LogP contribution in [0, 0.1) is 6.92 Å². The molecule has 1 aliphatic carbocycles. The number of hydrogen-bond donors (Lipinski definition) is 2. The number of aromatic nitrogens is 1. The molecule has 1 aliphatic rings. The Hall–Kier alpha value is -3.01. The summed E-state index contributed by atoms with van der Waals surface area (Å²) in [6.07, 6.45) is 8.10. The van der Waals surface area contributed by atoms with E-state index in [1.807, 2.05) is 12.1 Å². The molecule has 0 bridgehead atoms. The highest BCUT2D eigenvalue weighted by Crippen LogP contribution is 2.30. The normalized spacial score (nSPS) is 14.8. The SMILES string of the molecule is Cc1ccccc1-c1cccn1-c1ccc(C(N)=O)c(NC2CCCCC2)c1. The van der Waals surface area contributed by atoms with Crippen LogP contribution in [-0.4, -0.2) is 16.5 Å². The number of nitrogens with zero attached hydrogens (tertiary/aromatic N) is 1. The molecule has 1 saturated carbocycles. The van der Waals surface area contributed by atoms with Gasteiger partial charge in [-0.05, 0) is 55.7 Å². The lowest BCUT2D eigenvalue weighted by Crippen LogP contribution is -2.24. The second kappa shape index (κ2) is 7.93. The van der Waals surface area contributed by atoms with Crippen molar-refractivity contribution in [3.05, 3.63) is 71.9 Å². The highest BCUT2D eigenvalue weighted by Gasteiger charge is 2.17. The van der Waals surface area contributed by atoms with E-state index in [1.54, 1.807) is 0 Å². The lowest BCUT2D eigenvalue weighted by atomic mass is 9.95. The van der Waals surface area contributed by atoms with Gasteiger partial charge in [0, 0.05) is 29.2 Å². The van der Waals surface area contributed by atoms with Gasteiger partial charge in [0.25, 0.3) is 5.91 Å². The van der Waals surface area contributed by atoms with E-state index in [1.165, 1.54) is 30.4 Å². The topological polar surface area (TPSA) is 60.0 Å². The molecule has 0 aliphatic heterocycles. The number of primary amides is 1. The van der Waals surface area contributed by atoms with Crippen molar-refractivity contribution in [1.82, 2.24) is 4.57 Å². The molecular formula is C24H27N3O. The molecule has 1 amide bonds. The maximum absolute atomic E-state index is 12.0. The van der Waals surface area contributed by atoms with Gasteiger partial charge in [0.05, 0.1) is 11.3 Å². The van der Waals surface area contributed by atoms with E-state index in [0.29, 0.717) is 11.6 Å². The van der Waals surface area contributed by atoms with Crippen molar-refractivity contribution in [2.75, 3.05) is 5.32 Å². The Morgan fingerprint density at radius 1 is 1.04 bits per heavy atom. The van der Waals surface area contributed by atoms with Crippen LogP contribution in [0.15, 0.2) is 60.8 Å². The Kier molecular flexibility index (Phi) is 5.20. The molecule has 4 nitrogen and oxygen atoms in total. The number of amides is 1. The lowest BCUT2D eigenvalue weighted by molar-refractivity contribution is 0.100. The first kappa shape index (κ1) is 18.4. The minimum atomic E-state index is -0.392. The van der Waals surface area contributed by atoms with Gasteiger partial charge in [0.15, 0.2) is 0 Å². The van der Waals surface area contributed by atoms with Crippen LogP contribution >= 0.6 is 0 Å². The monoisotopic (exact) mass is 373 g/mol. The van der Waals surface area contributed by atoms with E-state index in [-0.39, 0.29) is 0 Å². The van der Waals surface area contributed by atoms with Crippen LogP contribution in [0.3, 0.4) is 0 Å². The Balaban J connectivity index is 1.73. The summed E-state index contributed by atoms with van der Waals surface area (Å²) in [6.45, 7) is 2.12. The Labute approximate surface area is 166 Å². The summed E-state index contributed by atoms with van der Waals surface area (Å²) in [4.78, 5) is 12.0. The fraction of sp³-hybridized carbons (Fsp3) is 0.292. The smallest absolute Gasteiger partial charge is 0.250 e. The van der Waals surface area contributed by atoms with Crippen LogP contribution in [0.2, 0.25) is 0 Å². The molecule has 144 valence electrons. The van der Waals surface area contributed by atoms with E-state index in [0.717, 1.165) is 29.9 Å². The van der Waals surface area contributed by atoms with Gasteiger partial charge in [-0.3, -0.25) is 4.79 Å². The number of hydrogen-bond acceptors (Lipinski definition) is 2. The summed E-state index contributed by atoms with van der Waals surface area (Å²) < 4.78 is 2.17. The molecule has 4 rings (SSSR count). The Bertz CT molecular complexity index is 983. The molecule has 0 radical (unpaired) electrons. The van der Waals surface area contributed by atoms with Crippen molar-refractivity contribution >= 4 is 11.6 Å². The molecule has 3 aromatic rings. The van der Waals surface area contributed by atoms with Crippen LogP contribution in [0.1, 0.15) is 48.0 Å². The van der Waals surface area contributed by atoms with E-state index in [9.17, 15) is 4.79 Å². The van der Waals surface area contributed by atoms with Crippen LogP contribution < -0.4 is 11.1 Å². The average molecular weight is 374 g/mol. The summed E-state index contributed by atoms with van der Waals surface area (Å²) in [5.74, 6) is -0.392. The van der Waals surface area contributed by atoms with Crippen molar-refractivity contribution in [1.29, 1.82) is 0 Å². The van der Waals surface area contributed by atoms with Crippen molar-refractivity contribution < 1.29 is 4.79 Å². The van der Waals surface area contributed by atoms with Gasteiger partial charge in [0.1, 0.15) is 0 Å². The zero-order valence-corrected chi connectivity index (χ0v) is 16.3. The quantitative estimate of drug-likeness (QED) is 0.638. The fourth-order valence-corrected chi connectivity index (χ4v) is 4.17. The minimum absolute atomic E-state index is 0.392. The van der Waals surface area contributed by atoms with Gasteiger partial charge in [-0.2, -0.15) is 0 Å². The average Bonchev–Trinajstić information content (AvgIpc) is 3.18. The number of aryl methyl sites for hydroxylation is 1. The fourth-order valence-electron chi connectivity index (χ4n) is 4.17. The lowest BCUT2D eigenvalue weighted by Gasteiger charge is -2.25. The van der Waals surface area contributed by atoms with Crippen molar-refractivity contribution in [3.63, 3.8) is 0 Å². The predicted octanol–water partition coefficient (Wildman–Crippen LogP) is 5.30.